The lowest BCUT2D eigenvalue weighted by Gasteiger charge is -2.25. The number of benzene rings is 2. The number of amides is 1. The second kappa shape index (κ2) is 7.66. The molecule has 1 unspecified atom stereocenters. The van der Waals surface area contributed by atoms with Gasteiger partial charge in [-0.2, -0.15) is 0 Å². The third kappa shape index (κ3) is 3.60. The molecule has 1 amide bonds. The summed E-state index contributed by atoms with van der Waals surface area (Å²) in [7, 11) is 0. The number of carbonyl (C=O) groups excluding carboxylic acids is 1. The first-order valence-electron chi connectivity index (χ1n) is 8.16. The Morgan fingerprint density at radius 3 is 2.73 bits per heavy atom. The highest BCUT2D eigenvalue weighted by atomic mass is 35.5. The number of carbonyl (C=O) groups is 2. The minimum absolute atomic E-state index is 0.260. The lowest BCUT2D eigenvalue weighted by molar-refractivity contribution is -0.145. The van der Waals surface area contributed by atoms with Crippen LogP contribution >= 0.6 is 11.6 Å². The summed E-state index contributed by atoms with van der Waals surface area (Å²) in [6.45, 7) is 1.99. The zero-order chi connectivity index (χ0) is 18.7. The molecule has 3 rings (SSSR count). The van der Waals surface area contributed by atoms with Crippen molar-refractivity contribution in [3.63, 3.8) is 0 Å². The van der Waals surface area contributed by atoms with Crippen LogP contribution in [0.2, 0.25) is 5.02 Å². The van der Waals surface area contributed by atoms with Crippen LogP contribution in [0.5, 0.6) is 5.75 Å². The average Bonchev–Trinajstić information content (AvgIpc) is 3.00. The molecule has 136 valence electrons. The number of nitrogens with zero attached hydrogens (tertiary/aromatic N) is 1. The normalized spacial score (nSPS) is 15.5. The van der Waals surface area contributed by atoms with Crippen LogP contribution in [-0.4, -0.2) is 35.3 Å². The maximum Gasteiger partial charge on any atom is 0.408 e. The standard InChI is InChI=1S/C19H18ClNO5/c1-2-25-17(22)11-26-16-8-7-13(20)9-15(16)18-14-6-4-3-5-12(14)10-21(18)19(23)24/h3-9,18H,2,10-11H2,1H3,(H,23,24). The second-order valence-electron chi connectivity index (χ2n) is 5.79. The fourth-order valence-electron chi connectivity index (χ4n) is 3.10. The summed E-state index contributed by atoms with van der Waals surface area (Å²) in [4.78, 5) is 24.7. The van der Waals surface area contributed by atoms with Crippen molar-refractivity contribution in [2.75, 3.05) is 13.2 Å². The first-order valence-corrected chi connectivity index (χ1v) is 8.54. The molecule has 1 aliphatic rings. The van der Waals surface area contributed by atoms with Crippen molar-refractivity contribution in [1.29, 1.82) is 0 Å². The minimum atomic E-state index is -1.04. The molecular formula is C19H18ClNO5. The number of esters is 1. The van der Waals surface area contributed by atoms with Gasteiger partial charge in [0.05, 0.1) is 19.2 Å². The van der Waals surface area contributed by atoms with E-state index in [-0.39, 0.29) is 19.8 Å². The van der Waals surface area contributed by atoms with Crippen LogP contribution in [-0.2, 0) is 16.1 Å². The van der Waals surface area contributed by atoms with Gasteiger partial charge in [-0.25, -0.2) is 9.59 Å². The van der Waals surface area contributed by atoms with E-state index in [1.54, 1.807) is 25.1 Å². The van der Waals surface area contributed by atoms with Crippen molar-refractivity contribution < 1.29 is 24.2 Å². The monoisotopic (exact) mass is 375 g/mol. The van der Waals surface area contributed by atoms with E-state index in [1.807, 2.05) is 24.3 Å². The summed E-state index contributed by atoms with van der Waals surface area (Å²) in [6.07, 6.45) is -1.04. The number of carboxylic acid groups (broad SMARTS) is 1. The lowest BCUT2D eigenvalue weighted by atomic mass is 9.97. The van der Waals surface area contributed by atoms with Crippen molar-refractivity contribution in [1.82, 2.24) is 4.90 Å². The average molecular weight is 376 g/mol. The Labute approximate surface area is 155 Å². The molecule has 7 heteroatoms. The van der Waals surface area contributed by atoms with Crippen LogP contribution in [0.4, 0.5) is 4.79 Å². The van der Waals surface area contributed by atoms with Gasteiger partial charge in [0.1, 0.15) is 5.75 Å². The van der Waals surface area contributed by atoms with Gasteiger partial charge in [-0.15, -0.1) is 0 Å². The van der Waals surface area contributed by atoms with Crippen molar-refractivity contribution >= 4 is 23.7 Å². The van der Waals surface area contributed by atoms with Gasteiger partial charge in [-0.1, -0.05) is 35.9 Å². The highest BCUT2D eigenvalue weighted by Gasteiger charge is 2.36. The predicted molar refractivity (Wildman–Crippen MR) is 95.4 cm³/mol. The Kier molecular flexibility index (Phi) is 5.32. The summed E-state index contributed by atoms with van der Waals surface area (Å²) in [5.74, 6) is -0.0919. The van der Waals surface area contributed by atoms with Crippen LogP contribution in [0.1, 0.15) is 29.7 Å². The van der Waals surface area contributed by atoms with E-state index in [4.69, 9.17) is 21.1 Å². The highest BCUT2D eigenvalue weighted by Crippen LogP contribution is 2.42. The molecule has 1 heterocycles. The predicted octanol–water partition coefficient (Wildman–Crippen LogP) is 3.86. The molecule has 1 N–H and O–H groups in total. The topological polar surface area (TPSA) is 76.1 Å². The van der Waals surface area contributed by atoms with Crippen molar-refractivity contribution in [2.24, 2.45) is 0 Å². The molecule has 2 aromatic rings. The van der Waals surface area contributed by atoms with E-state index in [9.17, 15) is 14.7 Å². The first kappa shape index (κ1) is 18.1. The molecule has 0 aromatic heterocycles. The minimum Gasteiger partial charge on any atom is -0.482 e. The summed E-state index contributed by atoms with van der Waals surface area (Å²) in [5, 5.41) is 10.1. The fourth-order valence-corrected chi connectivity index (χ4v) is 3.29. The van der Waals surface area contributed by atoms with Gasteiger partial charge in [-0.3, -0.25) is 4.90 Å². The first-order chi connectivity index (χ1) is 12.5. The summed E-state index contributed by atoms with van der Waals surface area (Å²) in [5.41, 5.74) is 2.39. The molecule has 0 spiro atoms. The van der Waals surface area contributed by atoms with Gasteiger partial charge < -0.3 is 14.6 Å². The molecule has 1 aliphatic heterocycles. The van der Waals surface area contributed by atoms with Crippen LogP contribution in [0, 0.1) is 0 Å². The highest BCUT2D eigenvalue weighted by molar-refractivity contribution is 6.30. The number of halogens is 1. The van der Waals surface area contributed by atoms with Gasteiger partial charge in [0.2, 0.25) is 0 Å². The van der Waals surface area contributed by atoms with E-state index in [2.05, 4.69) is 0 Å². The van der Waals surface area contributed by atoms with Gasteiger partial charge in [0, 0.05) is 10.6 Å². The van der Waals surface area contributed by atoms with Crippen molar-refractivity contribution in [2.45, 2.75) is 19.5 Å². The van der Waals surface area contributed by atoms with Gasteiger partial charge in [0.25, 0.3) is 0 Å². The molecular weight excluding hydrogens is 358 g/mol. The van der Waals surface area contributed by atoms with E-state index in [0.717, 1.165) is 11.1 Å². The molecule has 0 fully saturated rings. The molecule has 1 atom stereocenters. The molecule has 0 bridgehead atoms. The Bertz CT molecular complexity index is 838. The summed E-state index contributed by atoms with van der Waals surface area (Å²) < 4.78 is 10.5. The molecule has 0 saturated carbocycles. The van der Waals surface area contributed by atoms with Crippen molar-refractivity contribution in [3.05, 3.63) is 64.2 Å². The Balaban J connectivity index is 1.99. The molecule has 6 nitrogen and oxygen atoms in total. The number of hydrogen-bond acceptors (Lipinski definition) is 4. The Morgan fingerprint density at radius 1 is 1.23 bits per heavy atom. The van der Waals surface area contributed by atoms with E-state index in [1.165, 1.54) is 4.90 Å². The third-order valence-corrected chi connectivity index (χ3v) is 4.40. The molecule has 2 aromatic carbocycles. The molecule has 26 heavy (non-hydrogen) atoms. The molecule has 0 aliphatic carbocycles. The van der Waals surface area contributed by atoms with Crippen LogP contribution < -0.4 is 4.74 Å². The lowest BCUT2D eigenvalue weighted by Crippen LogP contribution is -2.29. The number of rotatable bonds is 5. The maximum absolute atomic E-state index is 11.8. The number of ether oxygens (including phenoxy) is 2. The Hall–Kier alpha value is -2.73. The SMILES string of the molecule is CCOC(=O)COc1ccc(Cl)cc1C1c2ccccc2CN1C(=O)O. The fraction of sp³-hybridized carbons (Fsp3) is 0.263. The zero-order valence-electron chi connectivity index (χ0n) is 14.1. The second-order valence-corrected chi connectivity index (χ2v) is 6.22. The van der Waals surface area contributed by atoms with Gasteiger partial charge in [-0.05, 0) is 36.2 Å². The van der Waals surface area contributed by atoms with E-state index >= 15 is 0 Å². The summed E-state index contributed by atoms with van der Waals surface area (Å²) in [6, 6.07) is 11.9. The van der Waals surface area contributed by atoms with E-state index < -0.39 is 18.1 Å². The van der Waals surface area contributed by atoms with Crippen molar-refractivity contribution in [3.8, 4) is 5.75 Å². The number of fused-ring (bicyclic) bond motifs is 1. The van der Waals surface area contributed by atoms with Gasteiger partial charge in [0.15, 0.2) is 6.61 Å². The zero-order valence-corrected chi connectivity index (χ0v) is 14.9. The third-order valence-electron chi connectivity index (χ3n) is 4.17. The quantitative estimate of drug-likeness (QED) is 0.803. The van der Waals surface area contributed by atoms with E-state index in [0.29, 0.717) is 16.3 Å². The largest absolute Gasteiger partial charge is 0.482 e. The molecule has 0 saturated heterocycles. The smallest absolute Gasteiger partial charge is 0.408 e. The van der Waals surface area contributed by atoms with Crippen LogP contribution in [0.25, 0.3) is 0 Å². The van der Waals surface area contributed by atoms with Gasteiger partial charge >= 0.3 is 12.1 Å². The maximum atomic E-state index is 11.8. The molecule has 0 radical (unpaired) electrons. The van der Waals surface area contributed by atoms with Crippen LogP contribution in [0.3, 0.4) is 0 Å². The number of hydrogen-bond donors (Lipinski definition) is 1. The Morgan fingerprint density at radius 2 is 2.00 bits per heavy atom. The summed E-state index contributed by atoms with van der Waals surface area (Å²) >= 11 is 6.15. The van der Waals surface area contributed by atoms with Crippen LogP contribution in [0.15, 0.2) is 42.5 Å².